The number of likely N-dealkylation sites (tertiary alicyclic amines) is 1. The van der Waals surface area contributed by atoms with Crippen molar-refractivity contribution in [1.29, 1.82) is 5.26 Å². The minimum absolute atomic E-state index is 0.113. The number of halogens is 1. The van der Waals surface area contributed by atoms with Crippen molar-refractivity contribution in [1.82, 2.24) is 4.90 Å². The molecule has 0 unspecified atom stereocenters. The van der Waals surface area contributed by atoms with E-state index >= 15 is 0 Å². The number of rotatable bonds is 3. The smallest absolute Gasteiger partial charge is 0.238 e. The second-order valence-electron chi connectivity index (χ2n) is 4.74. The third-order valence-electron chi connectivity index (χ3n) is 3.25. The summed E-state index contributed by atoms with van der Waals surface area (Å²) < 4.78 is 13.0. The Hall–Kier alpha value is -1.93. The van der Waals surface area contributed by atoms with Crippen molar-refractivity contribution in [2.24, 2.45) is 5.92 Å². The SMILES string of the molecule is N#CC1CCN(CC(=O)Nc2cccc(F)c2)CC1. The number of piperidine rings is 1. The molecule has 1 fully saturated rings. The van der Waals surface area contributed by atoms with Crippen LogP contribution in [0.25, 0.3) is 0 Å². The van der Waals surface area contributed by atoms with Crippen molar-refractivity contribution in [2.45, 2.75) is 12.8 Å². The zero-order valence-corrected chi connectivity index (χ0v) is 10.6. The molecule has 0 aromatic heterocycles. The van der Waals surface area contributed by atoms with E-state index in [1.54, 1.807) is 12.1 Å². The van der Waals surface area contributed by atoms with Crippen LogP contribution in [0, 0.1) is 23.1 Å². The summed E-state index contributed by atoms with van der Waals surface area (Å²) in [6.07, 6.45) is 1.62. The zero-order valence-electron chi connectivity index (χ0n) is 10.6. The fourth-order valence-corrected chi connectivity index (χ4v) is 2.19. The van der Waals surface area contributed by atoms with Gasteiger partial charge in [-0.15, -0.1) is 0 Å². The van der Waals surface area contributed by atoms with Gasteiger partial charge in [0.1, 0.15) is 5.82 Å². The third kappa shape index (κ3) is 4.04. The number of nitriles is 1. The maximum absolute atomic E-state index is 13.0. The molecular weight excluding hydrogens is 245 g/mol. The normalized spacial score (nSPS) is 16.8. The number of hydrogen-bond donors (Lipinski definition) is 1. The van der Waals surface area contributed by atoms with E-state index in [2.05, 4.69) is 11.4 Å². The largest absolute Gasteiger partial charge is 0.325 e. The molecule has 1 saturated heterocycles. The lowest BCUT2D eigenvalue weighted by Crippen LogP contribution is -2.39. The summed E-state index contributed by atoms with van der Waals surface area (Å²) in [6, 6.07) is 8.10. The van der Waals surface area contributed by atoms with Gasteiger partial charge in [-0.05, 0) is 44.1 Å². The van der Waals surface area contributed by atoms with Crippen molar-refractivity contribution in [2.75, 3.05) is 25.0 Å². The number of amides is 1. The molecule has 4 nitrogen and oxygen atoms in total. The maximum Gasteiger partial charge on any atom is 0.238 e. The standard InChI is InChI=1S/C14H16FN3O/c15-12-2-1-3-13(8-12)17-14(19)10-18-6-4-11(9-16)5-7-18/h1-3,8,11H,4-7,10H2,(H,17,19). The molecule has 0 bridgehead atoms. The van der Waals surface area contributed by atoms with Crippen molar-refractivity contribution in [3.63, 3.8) is 0 Å². The summed E-state index contributed by atoms with van der Waals surface area (Å²) in [7, 11) is 0. The number of nitrogens with one attached hydrogen (secondary N) is 1. The zero-order chi connectivity index (χ0) is 13.7. The van der Waals surface area contributed by atoms with Crippen molar-refractivity contribution in [3.05, 3.63) is 30.1 Å². The summed E-state index contributed by atoms with van der Waals surface area (Å²) in [4.78, 5) is 13.8. The Morgan fingerprint density at radius 1 is 1.47 bits per heavy atom. The molecule has 1 aliphatic rings. The van der Waals surface area contributed by atoms with Crippen LogP contribution in [0.15, 0.2) is 24.3 Å². The van der Waals surface area contributed by atoms with Crippen LogP contribution < -0.4 is 5.32 Å². The van der Waals surface area contributed by atoms with Crippen molar-refractivity contribution < 1.29 is 9.18 Å². The van der Waals surface area contributed by atoms with Crippen LogP contribution in [0.2, 0.25) is 0 Å². The monoisotopic (exact) mass is 261 g/mol. The van der Waals surface area contributed by atoms with Crippen LogP contribution in [0.4, 0.5) is 10.1 Å². The van der Waals surface area contributed by atoms with E-state index < -0.39 is 0 Å². The van der Waals surface area contributed by atoms with Gasteiger partial charge in [-0.3, -0.25) is 9.69 Å². The summed E-state index contributed by atoms with van der Waals surface area (Å²) in [5, 5.41) is 11.5. The average Bonchev–Trinajstić information content (AvgIpc) is 2.39. The quantitative estimate of drug-likeness (QED) is 0.905. The number of nitrogens with zero attached hydrogens (tertiary/aromatic N) is 2. The predicted molar refractivity (Wildman–Crippen MR) is 69.8 cm³/mol. The molecule has 0 radical (unpaired) electrons. The summed E-state index contributed by atoms with van der Waals surface area (Å²) in [5.41, 5.74) is 0.469. The molecule has 1 amide bonds. The number of anilines is 1. The van der Waals surface area contributed by atoms with E-state index in [4.69, 9.17) is 5.26 Å². The Bertz CT molecular complexity index is 490. The molecule has 1 aromatic carbocycles. The van der Waals surface area contributed by atoms with Gasteiger partial charge >= 0.3 is 0 Å². The van der Waals surface area contributed by atoms with E-state index in [0.29, 0.717) is 5.69 Å². The topological polar surface area (TPSA) is 56.1 Å². The molecule has 1 N–H and O–H groups in total. The van der Waals surface area contributed by atoms with Gasteiger partial charge in [0.05, 0.1) is 12.6 Å². The Morgan fingerprint density at radius 2 is 2.21 bits per heavy atom. The molecule has 0 spiro atoms. The summed E-state index contributed by atoms with van der Waals surface area (Å²) in [6.45, 7) is 1.80. The Morgan fingerprint density at radius 3 is 2.84 bits per heavy atom. The number of carbonyl (C=O) groups excluding carboxylic acids is 1. The number of hydrogen-bond acceptors (Lipinski definition) is 3. The fourth-order valence-electron chi connectivity index (χ4n) is 2.19. The van der Waals surface area contributed by atoms with Crippen LogP contribution in [0.5, 0.6) is 0 Å². The molecular formula is C14H16FN3O. The highest BCUT2D eigenvalue weighted by atomic mass is 19.1. The number of benzene rings is 1. The molecule has 5 heteroatoms. The van der Waals surface area contributed by atoms with E-state index in [0.717, 1.165) is 25.9 Å². The van der Waals surface area contributed by atoms with Gasteiger partial charge in [-0.25, -0.2) is 4.39 Å². The maximum atomic E-state index is 13.0. The van der Waals surface area contributed by atoms with Crippen molar-refractivity contribution in [3.8, 4) is 6.07 Å². The van der Waals surface area contributed by atoms with Crippen LogP contribution in [0.3, 0.4) is 0 Å². The minimum Gasteiger partial charge on any atom is -0.325 e. The van der Waals surface area contributed by atoms with Gasteiger partial charge in [0.15, 0.2) is 0 Å². The van der Waals surface area contributed by atoms with E-state index in [9.17, 15) is 9.18 Å². The predicted octanol–water partition coefficient (Wildman–Crippen LogP) is 2.00. The second kappa shape index (κ2) is 6.30. The van der Waals surface area contributed by atoms with Gasteiger partial charge in [0.2, 0.25) is 5.91 Å². The van der Waals surface area contributed by atoms with Gasteiger partial charge in [-0.1, -0.05) is 6.07 Å². The van der Waals surface area contributed by atoms with Crippen molar-refractivity contribution >= 4 is 11.6 Å². The lowest BCUT2D eigenvalue weighted by Gasteiger charge is -2.28. The van der Waals surface area contributed by atoms with Gasteiger partial charge < -0.3 is 5.32 Å². The first-order chi connectivity index (χ1) is 9.17. The highest BCUT2D eigenvalue weighted by Gasteiger charge is 2.20. The van der Waals surface area contributed by atoms with Gasteiger partial charge in [0.25, 0.3) is 0 Å². The summed E-state index contributed by atoms with van der Waals surface area (Å²) in [5.74, 6) is -0.406. The first-order valence-electron chi connectivity index (χ1n) is 6.35. The Labute approximate surface area is 111 Å². The Kier molecular flexibility index (Phi) is 4.48. The first kappa shape index (κ1) is 13.5. The van der Waals surface area contributed by atoms with Crippen LogP contribution in [-0.4, -0.2) is 30.4 Å². The van der Waals surface area contributed by atoms with Crippen LogP contribution in [-0.2, 0) is 4.79 Å². The molecule has 1 aromatic rings. The average molecular weight is 261 g/mol. The van der Waals surface area contributed by atoms with E-state index in [1.165, 1.54) is 12.1 Å². The van der Waals surface area contributed by atoms with Crippen LogP contribution in [0.1, 0.15) is 12.8 Å². The molecule has 1 heterocycles. The highest BCUT2D eigenvalue weighted by molar-refractivity contribution is 5.92. The second-order valence-corrected chi connectivity index (χ2v) is 4.74. The number of carbonyl (C=O) groups is 1. The molecule has 19 heavy (non-hydrogen) atoms. The molecule has 1 aliphatic heterocycles. The molecule has 2 rings (SSSR count). The molecule has 0 atom stereocenters. The van der Waals surface area contributed by atoms with Crippen LogP contribution >= 0.6 is 0 Å². The van der Waals surface area contributed by atoms with E-state index in [1.807, 2.05) is 4.90 Å². The molecule has 0 saturated carbocycles. The van der Waals surface area contributed by atoms with Gasteiger partial charge in [-0.2, -0.15) is 5.26 Å². The lowest BCUT2D eigenvalue weighted by molar-refractivity contribution is -0.117. The first-order valence-corrected chi connectivity index (χ1v) is 6.35. The molecule has 100 valence electrons. The van der Waals surface area contributed by atoms with Gasteiger partial charge in [0, 0.05) is 11.6 Å². The Balaban J connectivity index is 1.81. The molecule has 0 aliphatic carbocycles. The van der Waals surface area contributed by atoms with E-state index in [-0.39, 0.29) is 24.2 Å². The fraction of sp³-hybridized carbons (Fsp3) is 0.429. The summed E-state index contributed by atoms with van der Waals surface area (Å²) >= 11 is 0. The lowest BCUT2D eigenvalue weighted by atomic mass is 9.99. The minimum atomic E-state index is -0.368. The third-order valence-corrected chi connectivity index (χ3v) is 3.25. The highest BCUT2D eigenvalue weighted by Crippen LogP contribution is 2.16.